The molecule has 20 heavy (non-hydrogen) atoms. The first kappa shape index (κ1) is 13.5. The Hall–Kier alpha value is -1.51. The number of benzene rings is 1. The summed E-state index contributed by atoms with van der Waals surface area (Å²) in [5.41, 5.74) is 0.766. The molecule has 3 aromatic rings. The van der Waals surface area contributed by atoms with Gasteiger partial charge in [0.25, 0.3) is 10.0 Å². The molecule has 0 saturated heterocycles. The van der Waals surface area contributed by atoms with Crippen LogP contribution in [0, 0.1) is 0 Å². The van der Waals surface area contributed by atoms with Gasteiger partial charge in [-0.3, -0.25) is 9.71 Å². The Balaban J connectivity index is 1.97. The van der Waals surface area contributed by atoms with E-state index in [0.29, 0.717) is 9.60 Å². The van der Waals surface area contributed by atoms with Gasteiger partial charge in [-0.1, -0.05) is 23.5 Å². The Morgan fingerprint density at radius 3 is 2.75 bits per heavy atom. The Bertz CT molecular complexity index is 844. The number of nitrogens with one attached hydrogen (secondary N) is 1. The standard InChI is InChI=1S/C12H8BrN3O2S2/c13-8-5-9(7-14-6-8)20(17,18)16-12-15-10-3-1-2-4-11(10)19-12/h1-7H,(H,15,16). The van der Waals surface area contributed by atoms with Crippen LogP contribution in [0.5, 0.6) is 0 Å². The summed E-state index contributed by atoms with van der Waals surface area (Å²) in [6.07, 6.45) is 2.82. The first-order valence-electron chi connectivity index (χ1n) is 5.53. The molecule has 0 aliphatic heterocycles. The fraction of sp³-hybridized carbons (Fsp3) is 0. The predicted molar refractivity (Wildman–Crippen MR) is 82.4 cm³/mol. The quantitative estimate of drug-likeness (QED) is 0.768. The second kappa shape index (κ2) is 5.12. The number of hydrogen-bond donors (Lipinski definition) is 1. The third-order valence-corrected chi connectivity index (χ3v) is 5.33. The molecule has 0 aliphatic rings. The minimum atomic E-state index is -3.68. The highest BCUT2D eigenvalue weighted by molar-refractivity contribution is 9.10. The zero-order valence-electron chi connectivity index (χ0n) is 9.95. The molecule has 0 bridgehead atoms. The number of para-hydroxylation sites is 1. The van der Waals surface area contributed by atoms with Crippen LogP contribution >= 0.6 is 27.3 Å². The van der Waals surface area contributed by atoms with Gasteiger partial charge in [-0.05, 0) is 34.1 Å². The van der Waals surface area contributed by atoms with E-state index < -0.39 is 10.0 Å². The van der Waals surface area contributed by atoms with Crippen molar-refractivity contribution >= 4 is 52.6 Å². The van der Waals surface area contributed by atoms with E-state index in [1.165, 1.54) is 29.8 Å². The summed E-state index contributed by atoms with van der Waals surface area (Å²) in [5, 5.41) is 0.339. The lowest BCUT2D eigenvalue weighted by Crippen LogP contribution is -2.12. The molecule has 8 heteroatoms. The van der Waals surface area contributed by atoms with Gasteiger partial charge in [0.1, 0.15) is 4.90 Å². The first-order chi connectivity index (χ1) is 9.54. The Morgan fingerprint density at radius 2 is 2.00 bits per heavy atom. The number of sulfonamides is 1. The van der Waals surface area contributed by atoms with Crippen LogP contribution in [0.4, 0.5) is 5.13 Å². The minimum Gasteiger partial charge on any atom is -0.262 e. The highest BCUT2D eigenvalue weighted by Crippen LogP contribution is 2.27. The smallest absolute Gasteiger partial charge is 0.262 e. The molecule has 0 saturated carbocycles. The maximum atomic E-state index is 12.2. The van der Waals surface area contributed by atoms with Crippen molar-refractivity contribution in [3.8, 4) is 0 Å². The number of fused-ring (bicyclic) bond motifs is 1. The molecule has 0 atom stereocenters. The van der Waals surface area contributed by atoms with E-state index in [1.54, 1.807) is 0 Å². The van der Waals surface area contributed by atoms with Crippen LogP contribution < -0.4 is 4.72 Å². The van der Waals surface area contributed by atoms with E-state index in [9.17, 15) is 8.42 Å². The zero-order chi connectivity index (χ0) is 14.2. The lowest BCUT2D eigenvalue weighted by Gasteiger charge is -2.04. The van der Waals surface area contributed by atoms with E-state index in [1.807, 2.05) is 24.3 Å². The van der Waals surface area contributed by atoms with Gasteiger partial charge in [0.2, 0.25) is 0 Å². The van der Waals surface area contributed by atoms with Crippen LogP contribution in [0.2, 0.25) is 0 Å². The topological polar surface area (TPSA) is 72.0 Å². The number of halogens is 1. The van der Waals surface area contributed by atoms with Crippen molar-refractivity contribution in [3.05, 3.63) is 47.2 Å². The minimum absolute atomic E-state index is 0.0890. The molecule has 1 N–H and O–H groups in total. The number of rotatable bonds is 3. The van der Waals surface area contributed by atoms with Crippen LogP contribution in [-0.4, -0.2) is 18.4 Å². The van der Waals surface area contributed by atoms with Crippen molar-refractivity contribution in [1.82, 2.24) is 9.97 Å². The Morgan fingerprint density at radius 1 is 1.20 bits per heavy atom. The van der Waals surface area contributed by atoms with Crippen LogP contribution in [0.15, 0.2) is 52.1 Å². The maximum Gasteiger partial charge on any atom is 0.265 e. The van der Waals surface area contributed by atoms with Crippen molar-refractivity contribution in [3.63, 3.8) is 0 Å². The van der Waals surface area contributed by atoms with Crippen molar-refractivity contribution in [2.75, 3.05) is 4.72 Å². The number of hydrogen-bond acceptors (Lipinski definition) is 5. The van der Waals surface area contributed by atoms with Crippen molar-refractivity contribution in [2.24, 2.45) is 0 Å². The van der Waals surface area contributed by atoms with Crippen molar-refractivity contribution in [2.45, 2.75) is 4.90 Å². The largest absolute Gasteiger partial charge is 0.265 e. The number of thiazole rings is 1. The first-order valence-corrected chi connectivity index (χ1v) is 8.63. The van der Waals surface area contributed by atoms with Crippen molar-refractivity contribution < 1.29 is 8.42 Å². The lowest BCUT2D eigenvalue weighted by atomic mass is 10.3. The van der Waals surface area contributed by atoms with Crippen LogP contribution in [0.25, 0.3) is 10.2 Å². The predicted octanol–water partition coefficient (Wildman–Crippen LogP) is 3.25. The molecule has 0 spiro atoms. The van der Waals surface area contributed by atoms with Crippen LogP contribution in [0.3, 0.4) is 0 Å². The monoisotopic (exact) mass is 369 g/mol. The van der Waals surface area contributed by atoms with Gasteiger partial charge < -0.3 is 0 Å². The second-order valence-corrected chi connectivity index (χ2v) is 7.56. The van der Waals surface area contributed by atoms with E-state index in [4.69, 9.17) is 0 Å². The maximum absolute atomic E-state index is 12.2. The summed E-state index contributed by atoms with van der Waals surface area (Å²) in [6.45, 7) is 0. The van der Waals surface area contributed by atoms with Crippen LogP contribution in [0.1, 0.15) is 0 Å². The number of pyridine rings is 1. The van der Waals surface area contributed by atoms with Gasteiger partial charge in [0.15, 0.2) is 5.13 Å². The molecule has 0 aliphatic carbocycles. The summed E-state index contributed by atoms with van der Waals surface area (Å²) >= 11 is 4.49. The summed E-state index contributed by atoms with van der Waals surface area (Å²) < 4.78 is 28.5. The molecule has 1 aromatic carbocycles. The van der Waals surface area contributed by atoms with E-state index in [-0.39, 0.29) is 4.90 Å². The number of aromatic nitrogens is 2. The Labute approximate surface area is 127 Å². The highest BCUT2D eigenvalue weighted by atomic mass is 79.9. The molecule has 102 valence electrons. The van der Waals surface area contributed by atoms with Gasteiger partial charge in [-0.15, -0.1) is 0 Å². The van der Waals surface area contributed by atoms with Gasteiger partial charge in [0, 0.05) is 16.9 Å². The third-order valence-electron chi connectivity index (χ3n) is 2.51. The van der Waals surface area contributed by atoms with Crippen LogP contribution in [-0.2, 0) is 10.0 Å². The van der Waals surface area contributed by atoms with Gasteiger partial charge in [0.05, 0.1) is 10.2 Å². The molecule has 0 unspecified atom stereocenters. The fourth-order valence-electron chi connectivity index (χ4n) is 1.63. The average molecular weight is 370 g/mol. The third kappa shape index (κ3) is 2.67. The normalized spacial score (nSPS) is 11.7. The highest BCUT2D eigenvalue weighted by Gasteiger charge is 2.17. The molecule has 3 rings (SSSR count). The summed E-state index contributed by atoms with van der Waals surface area (Å²) in [5.74, 6) is 0. The molecular formula is C12H8BrN3O2S2. The van der Waals surface area contributed by atoms with Crippen molar-refractivity contribution in [1.29, 1.82) is 0 Å². The zero-order valence-corrected chi connectivity index (χ0v) is 13.2. The summed E-state index contributed by atoms with van der Waals surface area (Å²) in [4.78, 5) is 8.18. The average Bonchev–Trinajstić information content (AvgIpc) is 2.80. The molecule has 0 fully saturated rings. The van der Waals surface area contributed by atoms with Gasteiger partial charge in [-0.2, -0.15) is 0 Å². The number of nitrogens with zero attached hydrogens (tertiary/aromatic N) is 2. The fourth-order valence-corrected chi connectivity index (χ4v) is 4.23. The lowest BCUT2D eigenvalue weighted by molar-refractivity contribution is 0.600. The molecule has 0 amide bonds. The molecule has 2 heterocycles. The van der Waals surface area contributed by atoms with Gasteiger partial charge in [-0.25, -0.2) is 13.4 Å². The molecule has 2 aromatic heterocycles. The van der Waals surface area contributed by atoms with Gasteiger partial charge >= 0.3 is 0 Å². The van der Waals surface area contributed by atoms with E-state index in [2.05, 4.69) is 30.6 Å². The summed E-state index contributed by atoms with van der Waals surface area (Å²) in [6, 6.07) is 8.97. The van der Waals surface area contributed by atoms with E-state index >= 15 is 0 Å². The SMILES string of the molecule is O=S(=O)(Nc1nc2ccccc2s1)c1cncc(Br)c1. The Kier molecular flexibility index (Phi) is 3.45. The number of anilines is 1. The summed E-state index contributed by atoms with van der Waals surface area (Å²) in [7, 11) is -3.68. The molecule has 0 radical (unpaired) electrons. The molecular weight excluding hydrogens is 362 g/mol. The second-order valence-electron chi connectivity index (χ2n) is 3.93. The van der Waals surface area contributed by atoms with E-state index in [0.717, 1.165) is 10.2 Å². The molecule has 5 nitrogen and oxygen atoms in total.